The molecule has 0 amide bonds. The minimum atomic E-state index is -3.82. The van der Waals surface area contributed by atoms with Gasteiger partial charge in [0.15, 0.2) is 5.11 Å². The first kappa shape index (κ1) is 21.4. The van der Waals surface area contributed by atoms with Gasteiger partial charge in [-0.25, -0.2) is 13.1 Å². The van der Waals surface area contributed by atoms with Crippen LogP contribution in [-0.2, 0) is 10.0 Å². The number of nitrogens with one attached hydrogen (secondary N) is 3. The lowest BCUT2D eigenvalue weighted by molar-refractivity contribution is 0.430. The zero-order valence-electron chi connectivity index (χ0n) is 15.3. The first-order valence-electron chi connectivity index (χ1n) is 8.24. The highest BCUT2D eigenvalue weighted by molar-refractivity contribution is 7.92. The van der Waals surface area contributed by atoms with Crippen molar-refractivity contribution in [1.29, 1.82) is 0 Å². The molecule has 0 atom stereocenters. The van der Waals surface area contributed by atoms with Crippen LogP contribution in [0.3, 0.4) is 0 Å². The lowest BCUT2D eigenvalue weighted by atomic mass is 10.3. The van der Waals surface area contributed by atoms with Crippen molar-refractivity contribution >= 4 is 67.8 Å². The van der Waals surface area contributed by atoms with E-state index in [1.807, 2.05) is 0 Å². The summed E-state index contributed by atoms with van der Waals surface area (Å²) in [6.07, 6.45) is 0. The number of nitrogens with zero attached hydrogens (tertiary/aromatic N) is 1. The van der Waals surface area contributed by atoms with E-state index in [-0.39, 0.29) is 15.9 Å². The average molecular weight is 471 g/mol. The summed E-state index contributed by atoms with van der Waals surface area (Å²) in [6, 6.07) is 11.0. The van der Waals surface area contributed by atoms with Gasteiger partial charge in [0.25, 0.3) is 10.0 Å². The largest absolute Gasteiger partial charge is 0.337 e. The average Bonchev–Trinajstić information content (AvgIpc) is 2.96. The van der Waals surface area contributed by atoms with Gasteiger partial charge in [0.05, 0.1) is 21.3 Å². The third kappa shape index (κ3) is 5.18. The Bertz CT molecular complexity index is 1160. The fourth-order valence-corrected chi connectivity index (χ4v) is 4.01. The summed E-state index contributed by atoms with van der Waals surface area (Å²) in [4.78, 5) is 0.0659. The molecule has 0 aliphatic rings. The number of halogens is 2. The van der Waals surface area contributed by atoms with Crippen LogP contribution in [0, 0.1) is 13.8 Å². The minimum Gasteiger partial charge on any atom is -0.337 e. The molecule has 29 heavy (non-hydrogen) atoms. The molecule has 0 spiro atoms. The predicted molar refractivity (Wildman–Crippen MR) is 120 cm³/mol. The maximum absolute atomic E-state index is 12.5. The monoisotopic (exact) mass is 470 g/mol. The molecular weight excluding hydrogens is 455 g/mol. The van der Waals surface area contributed by atoms with E-state index in [0.29, 0.717) is 32.7 Å². The Morgan fingerprint density at radius 1 is 1.07 bits per heavy atom. The molecule has 3 rings (SSSR count). The van der Waals surface area contributed by atoms with Gasteiger partial charge < -0.3 is 15.2 Å². The quantitative estimate of drug-likeness (QED) is 0.440. The smallest absolute Gasteiger partial charge is 0.264 e. The van der Waals surface area contributed by atoms with Gasteiger partial charge in [-0.05, 0) is 68.5 Å². The van der Waals surface area contributed by atoms with E-state index in [0.717, 1.165) is 0 Å². The SMILES string of the molecule is Cc1noc(NS(=O)(=O)c2ccc(NC(=S)Nc3ccc(Cl)cc3Cl)cc2)c1C. The van der Waals surface area contributed by atoms with Crippen LogP contribution in [0.1, 0.15) is 11.3 Å². The number of hydrogen-bond donors (Lipinski definition) is 3. The van der Waals surface area contributed by atoms with Crippen molar-refractivity contribution in [3.05, 3.63) is 63.8 Å². The third-order valence-corrected chi connectivity index (χ3v) is 6.08. The van der Waals surface area contributed by atoms with Crippen LogP contribution in [0.15, 0.2) is 51.9 Å². The Labute approximate surface area is 183 Å². The van der Waals surface area contributed by atoms with E-state index < -0.39 is 10.0 Å². The molecule has 0 radical (unpaired) electrons. The zero-order chi connectivity index (χ0) is 21.2. The van der Waals surface area contributed by atoms with Crippen LogP contribution in [0.5, 0.6) is 0 Å². The fraction of sp³-hybridized carbons (Fsp3) is 0.111. The molecule has 3 aromatic rings. The first-order chi connectivity index (χ1) is 13.7. The maximum Gasteiger partial charge on any atom is 0.264 e. The number of thiocarbonyl (C=S) groups is 1. The summed E-state index contributed by atoms with van der Waals surface area (Å²) in [6.45, 7) is 3.45. The number of benzene rings is 2. The van der Waals surface area contributed by atoms with Gasteiger partial charge in [0, 0.05) is 16.3 Å². The highest BCUT2D eigenvalue weighted by Gasteiger charge is 2.19. The Hall–Kier alpha value is -2.33. The van der Waals surface area contributed by atoms with Crippen molar-refractivity contribution in [3.8, 4) is 0 Å². The van der Waals surface area contributed by atoms with E-state index in [1.165, 1.54) is 12.1 Å². The second-order valence-corrected chi connectivity index (χ2v) is 8.99. The number of anilines is 3. The normalized spacial score (nSPS) is 11.2. The van der Waals surface area contributed by atoms with Crippen LogP contribution in [0.25, 0.3) is 0 Å². The fourth-order valence-electron chi connectivity index (χ4n) is 2.28. The molecule has 2 aromatic carbocycles. The van der Waals surface area contributed by atoms with Crippen LogP contribution < -0.4 is 15.4 Å². The Balaban J connectivity index is 1.67. The van der Waals surface area contributed by atoms with Gasteiger partial charge >= 0.3 is 0 Å². The summed E-state index contributed by atoms with van der Waals surface area (Å²) >= 11 is 17.2. The molecule has 0 fully saturated rings. The van der Waals surface area contributed by atoms with Gasteiger partial charge in [-0.15, -0.1) is 0 Å². The number of rotatable bonds is 5. The molecule has 0 bridgehead atoms. The highest BCUT2D eigenvalue weighted by atomic mass is 35.5. The minimum absolute atomic E-state index is 0.0659. The standard InChI is InChI=1S/C18H16Cl2N4O3S2/c1-10-11(2)23-27-17(10)24-29(25,26)14-6-4-13(5-7-14)21-18(28)22-16-8-3-12(19)9-15(16)20/h3-9,24H,1-2H3,(H2,21,22,28). The lowest BCUT2D eigenvalue weighted by Gasteiger charge is -2.12. The van der Waals surface area contributed by atoms with Crippen LogP contribution in [-0.4, -0.2) is 18.7 Å². The summed E-state index contributed by atoms with van der Waals surface area (Å²) in [5.41, 5.74) is 2.43. The van der Waals surface area contributed by atoms with Crippen LogP contribution >= 0.6 is 35.4 Å². The van der Waals surface area contributed by atoms with E-state index in [4.69, 9.17) is 39.9 Å². The molecule has 0 saturated heterocycles. The lowest BCUT2D eigenvalue weighted by Crippen LogP contribution is -2.19. The molecule has 0 unspecified atom stereocenters. The molecule has 152 valence electrons. The Morgan fingerprint density at radius 3 is 2.34 bits per heavy atom. The predicted octanol–water partition coefficient (Wildman–Crippen LogP) is 5.21. The maximum atomic E-state index is 12.5. The number of sulfonamides is 1. The molecule has 7 nitrogen and oxygen atoms in total. The van der Waals surface area contributed by atoms with Gasteiger partial charge in [-0.1, -0.05) is 28.4 Å². The highest BCUT2D eigenvalue weighted by Crippen LogP contribution is 2.26. The van der Waals surface area contributed by atoms with E-state index in [1.54, 1.807) is 44.2 Å². The van der Waals surface area contributed by atoms with Crippen LogP contribution in [0.2, 0.25) is 10.0 Å². The van der Waals surface area contributed by atoms with Crippen molar-refractivity contribution in [1.82, 2.24) is 5.16 Å². The van der Waals surface area contributed by atoms with Crippen molar-refractivity contribution in [2.45, 2.75) is 18.7 Å². The van der Waals surface area contributed by atoms with Gasteiger partial charge in [-0.2, -0.15) is 0 Å². The molecule has 11 heteroatoms. The molecule has 3 N–H and O–H groups in total. The molecule has 1 aromatic heterocycles. The van der Waals surface area contributed by atoms with E-state index in [9.17, 15) is 8.42 Å². The zero-order valence-corrected chi connectivity index (χ0v) is 18.4. The van der Waals surface area contributed by atoms with Crippen LogP contribution in [0.4, 0.5) is 17.3 Å². The second-order valence-electron chi connectivity index (χ2n) is 6.06. The molecular formula is C18H16Cl2N4O3S2. The topological polar surface area (TPSA) is 96.3 Å². The molecule has 0 aliphatic heterocycles. The van der Waals surface area contributed by atoms with Gasteiger partial charge in [0.1, 0.15) is 0 Å². The van der Waals surface area contributed by atoms with Crippen molar-refractivity contribution in [2.75, 3.05) is 15.4 Å². The number of hydrogen-bond acceptors (Lipinski definition) is 5. The third-order valence-electron chi connectivity index (χ3n) is 3.99. The second kappa shape index (κ2) is 8.58. The summed E-state index contributed by atoms with van der Waals surface area (Å²) in [5, 5.41) is 10.9. The number of aryl methyl sites for hydroxylation is 1. The Morgan fingerprint density at radius 2 is 1.76 bits per heavy atom. The molecule has 0 saturated carbocycles. The summed E-state index contributed by atoms with van der Waals surface area (Å²) in [5.74, 6) is 0.0925. The van der Waals surface area contributed by atoms with Gasteiger partial charge in [-0.3, -0.25) is 0 Å². The number of aromatic nitrogens is 1. The summed E-state index contributed by atoms with van der Waals surface area (Å²) in [7, 11) is -3.82. The first-order valence-corrected chi connectivity index (χ1v) is 10.9. The van der Waals surface area contributed by atoms with Crippen molar-refractivity contribution in [3.63, 3.8) is 0 Å². The van der Waals surface area contributed by atoms with E-state index >= 15 is 0 Å². The summed E-state index contributed by atoms with van der Waals surface area (Å²) < 4.78 is 32.4. The van der Waals surface area contributed by atoms with Crippen molar-refractivity contribution in [2.24, 2.45) is 0 Å². The molecule has 0 aliphatic carbocycles. The van der Waals surface area contributed by atoms with E-state index in [2.05, 4.69) is 20.5 Å². The molecule has 1 heterocycles. The Kier molecular flexibility index (Phi) is 6.33. The van der Waals surface area contributed by atoms with Crippen molar-refractivity contribution < 1.29 is 12.9 Å². The van der Waals surface area contributed by atoms with Gasteiger partial charge in [0.2, 0.25) is 5.88 Å².